The molecule has 342 valence electrons. The molecule has 0 saturated heterocycles. The average molecular weight is 830 g/mol. The van der Waals surface area contributed by atoms with Crippen LogP contribution in [0.2, 0.25) is 0 Å². The van der Waals surface area contributed by atoms with Crippen LogP contribution in [0.15, 0.2) is 48.6 Å². The van der Waals surface area contributed by atoms with Crippen molar-refractivity contribution < 1.29 is 38.2 Å². The molecule has 0 amide bonds. The van der Waals surface area contributed by atoms with Crippen LogP contribution in [0.5, 0.6) is 0 Å². The summed E-state index contributed by atoms with van der Waals surface area (Å²) in [6, 6.07) is -0.737. The molecular weight excluding hydrogens is 739 g/mol. The van der Waals surface area contributed by atoms with E-state index in [9.17, 15) is 19.5 Å². The molecule has 0 N–H and O–H groups in total. The molecule has 8 heteroatoms. The van der Waals surface area contributed by atoms with Crippen LogP contribution >= 0.6 is 0 Å². The second-order valence-electron chi connectivity index (χ2n) is 17.3. The minimum absolute atomic E-state index is 0.0132. The van der Waals surface area contributed by atoms with E-state index < -0.39 is 24.1 Å². The summed E-state index contributed by atoms with van der Waals surface area (Å²) in [4.78, 5) is 36.9. The third-order valence-corrected chi connectivity index (χ3v) is 10.7. The second kappa shape index (κ2) is 42.0. The minimum Gasteiger partial charge on any atom is -0.544 e. The Morgan fingerprint density at radius 1 is 0.525 bits per heavy atom. The van der Waals surface area contributed by atoms with E-state index in [0.29, 0.717) is 12.8 Å². The molecule has 0 aromatic carbocycles. The van der Waals surface area contributed by atoms with Gasteiger partial charge in [-0.3, -0.25) is 9.59 Å². The highest BCUT2D eigenvalue weighted by Crippen LogP contribution is 2.16. The van der Waals surface area contributed by atoms with Gasteiger partial charge in [0.25, 0.3) is 0 Å². The summed E-state index contributed by atoms with van der Waals surface area (Å²) >= 11 is 0. The average Bonchev–Trinajstić information content (AvgIpc) is 3.19. The Labute approximate surface area is 363 Å². The largest absolute Gasteiger partial charge is 0.544 e. The lowest BCUT2D eigenvalue weighted by Crippen LogP contribution is -2.55. The molecule has 0 aromatic heterocycles. The van der Waals surface area contributed by atoms with E-state index in [2.05, 4.69) is 50.3 Å². The topological polar surface area (TPSA) is 102 Å². The van der Waals surface area contributed by atoms with Gasteiger partial charge >= 0.3 is 11.9 Å². The molecule has 0 aromatic rings. The Hall–Kier alpha value is -2.71. The first-order valence-electron chi connectivity index (χ1n) is 24.2. The van der Waals surface area contributed by atoms with Crippen molar-refractivity contribution in [3.8, 4) is 0 Å². The van der Waals surface area contributed by atoms with Crippen LogP contribution < -0.4 is 5.11 Å². The highest BCUT2D eigenvalue weighted by atomic mass is 16.6. The summed E-state index contributed by atoms with van der Waals surface area (Å²) < 4.78 is 17.1. The van der Waals surface area contributed by atoms with Gasteiger partial charge in [0.15, 0.2) is 6.10 Å². The Balaban J connectivity index is 4.24. The van der Waals surface area contributed by atoms with Gasteiger partial charge in [0.05, 0.1) is 40.3 Å². The number of quaternary nitrogens is 1. The number of ether oxygens (including phenoxy) is 3. The van der Waals surface area contributed by atoms with Gasteiger partial charge < -0.3 is 28.6 Å². The molecule has 0 spiro atoms. The first-order chi connectivity index (χ1) is 28.6. The number of carbonyl (C=O) groups excluding carboxylic acids is 3. The van der Waals surface area contributed by atoms with Crippen molar-refractivity contribution in [3.05, 3.63) is 48.6 Å². The molecule has 2 atom stereocenters. The molecule has 59 heavy (non-hydrogen) atoms. The maximum atomic E-state index is 12.7. The van der Waals surface area contributed by atoms with Crippen LogP contribution in [0.3, 0.4) is 0 Å². The molecule has 0 heterocycles. The zero-order valence-corrected chi connectivity index (χ0v) is 38.9. The van der Waals surface area contributed by atoms with Gasteiger partial charge in [-0.25, -0.2) is 0 Å². The highest BCUT2D eigenvalue weighted by Gasteiger charge is 2.25. The molecule has 2 unspecified atom stereocenters. The van der Waals surface area contributed by atoms with E-state index in [-0.39, 0.29) is 43.1 Å². The number of nitrogens with zero attached hydrogens (tertiary/aromatic N) is 1. The van der Waals surface area contributed by atoms with Crippen molar-refractivity contribution in [1.82, 2.24) is 0 Å². The Morgan fingerprint density at radius 3 is 1.37 bits per heavy atom. The van der Waals surface area contributed by atoms with E-state index in [4.69, 9.17) is 14.2 Å². The third kappa shape index (κ3) is 40.5. The quantitative estimate of drug-likeness (QED) is 0.0261. The Bertz CT molecular complexity index is 1110. The normalized spacial score (nSPS) is 13.3. The Morgan fingerprint density at radius 2 is 0.949 bits per heavy atom. The number of hydrogen-bond donors (Lipinski definition) is 0. The predicted molar refractivity (Wildman–Crippen MR) is 245 cm³/mol. The van der Waals surface area contributed by atoms with Crippen LogP contribution in [-0.4, -0.2) is 75.5 Å². The van der Waals surface area contributed by atoms with Gasteiger partial charge in [-0.15, -0.1) is 0 Å². The summed E-state index contributed by atoms with van der Waals surface area (Å²) in [5.74, 6) is -1.83. The molecule has 0 fully saturated rings. The number of aliphatic carboxylic acids is 1. The molecule has 8 nitrogen and oxygen atoms in total. The lowest BCUT2D eigenvalue weighted by Gasteiger charge is -2.34. The summed E-state index contributed by atoms with van der Waals surface area (Å²) in [6.45, 7) is 4.49. The summed E-state index contributed by atoms with van der Waals surface area (Å²) in [7, 11) is 5.39. The fourth-order valence-electron chi connectivity index (χ4n) is 7.03. The van der Waals surface area contributed by atoms with Crippen molar-refractivity contribution in [1.29, 1.82) is 0 Å². The maximum Gasteiger partial charge on any atom is 0.306 e. The standard InChI is InChI=1S/C51H91NO7/c1-6-8-10-12-14-16-18-20-21-22-23-24-25-26-27-28-30-31-33-35-37-39-41-49(53)58-46-47(45-57-44-43-48(51(55)56)52(3,4)5)59-50(54)42-40-38-36-34-32-29-19-17-15-13-11-9-7-2/h9,11,15,17,29,32,36,38,47-48H,6-8,10,12-14,16,18-28,30-31,33-35,37,39-46H2,1-5H3/b11-9-,17-15-,32-29-,38-36-. The zero-order valence-electron chi connectivity index (χ0n) is 38.9. The molecule has 0 aliphatic carbocycles. The van der Waals surface area contributed by atoms with Gasteiger partial charge in [0, 0.05) is 19.3 Å². The number of likely N-dealkylation sites (N-methyl/N-ethyl adjacent to an activating group) is 1. The fraction of sp³-hybridized carbons (Fsp3) is 0.784. The predicted octanol–water partition coefficient (Wildman–Crippen LogP) is 12.3. The summed E-state index contributed by atoms with van der Waals surface area (Å²) in [5, 5.41) is 11.6. The van der Waals surface area contributed by atoms with E-state index in [0.717, 1.165) is 44.9 Å². The van der Waals surface area contributed by atoms with Gasteiger partial charge in [0.2, 0.25) is 0 Å². The van der Waals surface area contributed by atoms with Crippen molar-refractivity contribution in [2.24, 2.45) is 0 Å². The first-order valence-corrected chi connectivity index (χ1v) is 24.2. The number of rotatable bonds is 43. The summed E-state index contributed by atoms with van der Waals surface area (Å²) in [5.41, 5.74) is 0. The van der Waals surface area contributed by atoms with Gasteiger partial charge in [-0.1, -0.05) is 197 Å². The van der Waals surface area contributed by atoms with Crippen LogP contribution in [0.1, 0.15) is 206 Å². The molecule has 0 radical (unpaired) electrons. The molecule has 0 rings (SSSR count). The molecule has 0 aliphatic rings. The van der Waals surface area contributed by atoms with Crippen LogP contribution in [0.25, 0.3) is 0 Å². The molecular formula is C51H91NO7. The van der Waals surface area contributed by atoms with Crippen molar-refractivity contribution in [3.63, 3.8) is 0 Å². The number of esters is 2. The molecule has 0 bridgehead atoms. The smallest absolute Gasteiger partial charge is 0.306 e. The van der Waals surface area contributed by atoms with Crippen molar-refractivity contribution >= 4 is 17.9 Å². The monoisotopic (exact) mass is 830 g/mol. The van der Waals surface area contributed by atoms with Crippen molar-refractivity contribution in [2.75, 3.05) is 41.0 Å². The minimum atomic E-state index is -1.13. The molecule has 0 aliphatic heterocycles. The van der Waals surface area contributed by atoms with E-state index in [1.165, 1.54) is 122 Å². The lowest BCUT2D eigenvalue weighted by molar-refractivity contribution is -0.889. The number of hydrogen-bond acceptors (Lipinski definition) is 7. The van der Waals surface area contributed by atoms with Crippen LogP contribution in [0.4, 0.5) is 0 Å². The van der Waals surface area contributed by atoms with Crippen LogP contribution in [-0.2, 0) is 28.6 Å². The lowest BCUT2D eigenvalue weighted by atomic mass is 10.0. The SMILES string of the molecule is CC/C=C\C/C=C\C/C=C\C/C=C\CCC(=O)OC(COCCC(C(=O)[O-])[N+](C)(C)C)COC(=O)CCCCCCCCCCCCCCCCCCCCCCCC. The third-order valence-electron chi connectivity index (χ3n) is 10.7. The second-order valence-corrected chi connectivity index (χ2v) is 17.3. The van der Waals surface area contributed by atoms with Gasteiger partial charge in [-0.2, -0.15) is 0 Å². The van der Waals surface area contributed by atoms with Crippen molar-refractivity contribution in [2.45, 2.75) is 219 Å². The van der Waals surface area contributed by atoms with E-state index in [1.807, 2.05) is 12.2 Å². The molecule has 0 saturated carbocycles. The van der Waals surface area contributed by atoms with E-state index in [1.54, 1.807) is 21.1 Å². The Kier molecular flexibility index (Phi) is 40.1. The highest BCUT2D eigenvalue weighted by molar-refractivity contribution is 5.70. The zero-order chi connectivity index (χ0) is 43.5. The van der Waals surface area contributed by atoms with Gasteiger partial charge in [-0.05, 0) is 38.5 Å². The summed E-state index contributed by atoms with van der Waals surface area (Å²) in [6.07, 6.45) is 50.3. The number of allylic oxidation sites excluding steroid dienone is 8. The maximum absolute atomic E-state index is 12.7. The number of carbonyl (C=O) groups is 3. The fourth-order valence-corrected chi connectivity index (χ4v) is 7.03. The number of carboxylic acids is 1. The van der Waals surface area contributed by atoms with E-state index >= 15 is 0 Å². The number of carboxylic acid groups (broad SMARTS) is 1. The number of unbranched alkanes of at least 4 members (excludes halogenated alkanes) is 21. The van der Waals surface area contributed by atoms with Crippen LogP contribution in [0, 0.1) is 0 Å². The van der Waals surface area contributed by atoms with Gasteiger partial charge in [0.1, 0.15) is 12.6 Å². The first kappa shape index (κ1) is 56.3.